The standard InChI is InChI=1S/C23H17BrClNO4S/c1-14-2-12-19(13-3-14)31(29,30)22-20(15-4-8-17(25)9-5-15)26(23(28)21(22)27)18-10-6-16(24)7-11-18/h2-13,20,27H,1H3. The molecule has 1 heterocycles. The van der Waals surface area contributed by atoms with Gasteiger partial charge in [0.1, 0.15) is 10.9 Å². The molecule has 0 saturated carbocycles. The summed E-state index contributed by atoms with van der Waals surface area (Å²) in [6.07, 6.45) is 0. The van der Waals surface area contributed by atoms with Crippen molar-refractivity contribution in [1.82, 2.24) is 0 Å². The quantitative estimate of drug-likeness (QED) is 0.478. The number of hydrogen-bond donors (Lipinski definition) is 1. The Balaban J connectivity index is 1.93. The summed E-state index contributed by atoms with van der Waals surface area (Å²) in [5, 5.41) is 11.2. The SMILES string of the molecule is Cc1ccc(S(=O)(=O)C2=C(O)C(=O)N(c3ccc(Br)cc3)C2c2ccc(Cl)cc2)cc1. The average molecular weight is 519 g/mol. The first-order chi connectivity index (χ1) is 14.7. The van der Waals surface area contributed by atoms with Crippen molar-refractivity contribution in [1.29, 1.82) is 0 Å². The van der Waals surface area contributed by atoms with E-state index in [1.165, 1.54) is 17.0 Å². The Morgan fingerprint density at radius 2 is 1.52 bits per heavy atom. The highest BCUT2D eigenvalue weighted by Crippen LogP contribution is 2.45. The van der Waals surface area contributed by atoms with Gasteiger partial charge >= 0.3 is 0 Å². The van der Waals surface area contributed by atoms with Crippen LogP contribution in [0, 0.1) is 6.92 Å². The summed E-state index contributed by atoms with van der Waals surface area (Å²) >= 11 is 9.37. The van der Waals surface area contributed by atoms with Gasteiger partial charge in [0.05, 0.1) is 4.90 Å². The van der Waals surface area contributed by atoms with Crippen molar-refractivity contribution in [2.45, 2.75) is 17.9 Å². The molecule has 0 aliphatic carbocycles. The van der Waals surface area contributed by atoms with Crippen LogP contribution in [0.15, 0.2) is 92.8 Å². The maximum absolute atomic E-state index is 13.6. The molecule has 1 aliphatic rings. The Morgan fingerprint density at radius 1 is 0.935 bits per heavy atom. The number of benzene rings is 3. The normalized spacial score (nSPS) is 16.8. The van der Waals surface area contributed by atoms with Crippen molar-refractivity contribution < 1.29 is 18.3 Å². The van der Waals surface area contributed by atoms with Crippen LogP contribution < -0.4 is 4.90 Å². The van der Waals surface area contributed by atoms with E-state index >= 15 is 0 Å². The second-order valence-corrected chi connectivity index (χ2v) is 10.4. The summed E-state index contributed by atoms with van der Waals surface area (Å²) in [5.41, 5.74) is 1.86. The topological polar surface area (TPSA) is 74.7 Å². The van der Waals surface area contributed by atoms with E-state index in [9.17, 15) is 18.3 Å². The molecule has 3 aromatic rings. The maximum atomic E-state index is 13.6. The highest BCUT2D eigenvalue weighted by atomic mass is 79.9. The first-order valence-electron chi connectivity index (χ1n) is 9.29. The molecule has 1 unspecified atom stereocenters. The van der Waals surface area contributed by atoms with E-state index in [-0.39, 0.29) is 9.80 Å². The molecule has 0 saturated heterocycles. The minimum atomic E-state index is -4.17. The molecule has 1 aliphatic heterocycles. The molecular formula is C23H17BrClNO4S. The summed E-state index contributed by atoms with van der Waals surface area (Å²) in [5.74, 6) is -1.57. The summed E-state index contributed by atoms with van der Waals surface area (Å²) in [7, 11) is -4.17. The molecule has 1 amide bonds. The third-order valence-electron chi connectivity index (χ3n) is 5.07. The molecule has 158 valence electrons. The summed E-state index contributed by atoms with van der Waals surface area (Å²) in [4.78, 5) is 14.0. The molecule has 8 heteroatoms. The zero-order valence-electron chi connectivity index (χ0n) is 16.3. The van der Waals surface area contributed by atoms with Crippen molar-refractivity contribution in [3.8, 4) is 0 Å². The Morgan fingerprint density at radius 3 is 2.10 bits per heavy atom. The highest BCUT2D eigenvalue weighted by Gasteiger charge is 2.47. The predicted molar refractivity (Wildman–Crippen MR) is 124 cm³/mol. The minimum Gasteiger partial charge on any atom is -0.502 e. The van der Waals surface area contributed by atoms with Crippen molar-refractivity contribution in [3.63, 3.8) is 0 Å². The molecule has 1 N–H and O–H groups in total. The number of anilines is 1. The number of hydrogen-bond acceptors (Lipinski definition) is 4. The van der Waals surface area contributed by atoms with Gasteiger partial charge < -0.3 is 5.11 Å². The number of carbonyl (C=O) groups excluding carboxylic acids is 1. The van der Waals surface area contributed by atoms with E-state index < -0.39 is 27.5 Å². The highest BCUT2D eigenvalue weighted by molar-refractivity contribution is 9.10. The Labute approximate surface area is 193 Å². The van der Waals surface area contributed by atoms with Gasteiger partial charge in [0.15, 0.2) is 5.76 Å². The van der Waals surface area contributed by atoms with Crippen LogP contribution in [0.2, 0.25) is 5.02 Å². The first-order valence-corrected chi connectivity index (χ1v) is 11.9. The van der Waals surface area contributed by atoms with Gasteiger partial charge in [-0.05, 0) is 61.0 Å². The molecule has 1 atom stereocenters. The molecule has 0 radical (unpaired) electrons. The van der Waals surface area contributed by atoms with E-state index in [1.54, 1.807) is 60.7 Å². The molecule has 0 bridgehead atoms. The van der Waals surface area contributed by atoms with Gasteiger partial charge in [0.2, 0.25) is 9.84 Å². The molecular weight excluding hydrogens is 502 g/mol. The monoisotopic (exact) mass is 517 g/mol. The molecule has 3 aromatic carbocycles. The third-order valence-corrected chi connectivity index (χ3v) is 7.74. The van der Waals surface area contributed by atoms with Crippen molar-refractivity contribution in [2.24, 2.45) is 0 Å². The summed E-state index contributed by atoms with van der Waals surface area (Å²) in [6.45, 7) is 1.85. The lowest BCUT2D eigenvalue weighted by atomic mass is 10.1. The third kappa shape index (κ3) is 3.89. The number of sulfone groups is 1. The second kappa shape index (κ2) is 8.15. The average Bonchev–Trinajstić information content (AvgIpc) is 3.01. The van der Waals surface area contributed by atoms with Gasteiger partial charge in [-0.2, -0.15) is 0 Å². The van der Waals surface area contributed by atoms with Gasteiger partial charge in [-0.15, -0.1) is 0 Å². The van der Waals surface area contributed by atoms with E-state index in [0.717, 1.165) is 10.0 Å². The predicted octanol–water partition coefficient (Wildman–Crippen LogP) is 5.74. The van der Waals surface area contributed by atoms with E-state index in [0.29, 0.717) is 16.3 Å². The van der Waals surface area contributed by atoms with Gasteiger partial charge in [0, 0.05) is 15.2 Å². The zero-order valence-corrected chi connectivity index (χ0v) is 19.4. The van der Waals surface area contributed by atoms with Crippen molar-refractivity contribution in [3.05, 3.63) is 104 Å². The van der Waals surface area contributed by atoms with Crippen LogP contribution in [0.5, 0.6) is 0 Å². The Bertz CT molecular complexity index is 1280. The summed E-state index contributed by atoms with van der Waals surface area (Å²) < 4.78 is 27.9. The largest absolute Gasteiger partial charge is 0.502 e. The zero-order chi connectivity index (χ0) is 22.3. The lowest BCUT2D eigenvalue weighted by molar-refractivity contribution is -0.117. The fraction of sp³-hybridized carbons (Fsp3) is 0.0870. The number of carbonyl (C=O) groups is 1. The van der Waals surface area contributed by atoms with Crippen LogP contribution in [0.3, 0.4) is 0 Å². The van der Waals surface area contributed by atoms with Crippen molar-refractivity contribution >= 4 is 49.0 Å². The van der Waals surface area contributed by atoms with Crippen molar-refractivity contribution in [2.75, 3.05) is 4.90 Å². The van der Waals surface area contributed by atoms with Gasteiger partial charge in [-0.1, -0.05) is 57.4 Å². The number of rotatable bonds is 4. The van der Waals surface area contributed by atoms with Crippen LogP contribution in [-0.2, 0) is 14.6 Å². The number of halogens is 2. The lowest BCUT2D eigenvalue weighted by Crippen LogP contribution is -2.31. The van der Waals surface area contributed by atoms with E-state index in [1.807, 2.05) is 6.92 Å². The molecule has 4 rings (SSSR count). The van der Waals surface area contributed by atoms with E-state index in [4.69, 9.17) is 11.6 Å². The fourth-order valence-electron chi connectivity index (χ4n) is 3.52. The number of aliphatic hydroxyl groups is 1. The lowest BCUT2D eigenvalue weighted by Gasteiger charge is -2.27. The molecule has 31 heavy (non-hydrogen) atoms. The van der Waals surface area contributed by atoms with Crippen LogP contribution in [0.25, 0.3) is 0 Å². The number of amides is 1. The fourth-order valence-corrected chi connectivity index (χ4v) is 5.53. The Kier molecular flexibility index (Phi) is 5.68. The second-order valence-electron chi connectivity index (χ2n) is 7.14. The number of aryl methyl sites for hydroxylation is 1. The molecule has 0 spiro atoms. The van der Waals surface area contributed by atoms with Gasteiger partial charge in [-0.25, -0.2) is 8.42 Å². The smallest absolute Gasteiger partial charge is 0.295 e. The van der Waals surface area contributed by atoms with Gasteiger partial charge in [0.25, 0.3) is 5.91 Å². The van der Waals surface area contributed by atoms with Crippen LogP contribution >= 0.6 is 27.5 Å². The van der Waals surface area contributed by atoms with Crippen LogP contribution in [-0.4, -0.2) is 19.4 Å². The van der Waals surface area contributed by atoms with Crippen LogP contribution in [0.4, 0.5) is 5.69 Å². The van der Waals surface area contributed by atoms with Gasteiger partial charge in [-0.3, -0.25) is 9.69 Å². The van der Waals surface area contributed by atoms with E-state index in [2.05, 4.69) is 15.9 Å². The molecule has 5 nitrogen and oxygen atoms in total. The minimum absolute atomic E-state index is 0.00377. The first kappa shape index (κ1) is 21.6. The Hall–Kier alpha value is -2.61. The maximum Gasteiger partial charge on any atom is 0.295 e. The number of nitrogens with zero attached hydrogens (tertiary/aromatic N) is 1. The summed E-state index contributed by atoms with van der Waals surface area (Å²) in [6, 6.07) is 18.6. The molecule has 0 fully saturated rings. The number of aliphatic hydroxyl groups excluding tert-OH is 1. The van der Waals surface area contributed by atoms with Crippen LogP contribution in [0.1, 0.15) is 17.2 Å². The molecule has 0 aromatic heterocycles.